The molecule has 1 aromatic rings. The highest BCUT2D eigenvalue weighted by atomic mass is 35.5. The molecule has 2 aliphatic rings. The number of piperidine rings is 1. The Labute approximate surface area is 172 Å². The van der Waals surface area contributed by atoms with Crippen molar-refractivity contribution in [2.24, 2.45) is 5.92 Å². The molecule has 28 heavy (non-hydrogen) atoms. The van der Waals surface area contributed by atoms with Crippen LogP contribution in [0.1, 0.15) is 19.8 Å². The summed E-state index contributed by atoms with van der Waals surface area (Å²) in [4.78, 5) is 12.7. The van der Waals surface area contributed by atoms with Gasteiger partial charge >= 0.3 is 0 Å². The molecule has 1 aromatic carbocycles. The molecular formula is C18H28ClN3O5S. The lowest BCUT2D eigenvalue weighted by Crippen LogP contribution is -2.40. The molecule has 2 heterocycles. The van der Waals surface area contributed by atoms with E-state index in [0.29, 0.717) is 50.9 Å². The normalized spacial score (nSPS) is 20.8. The quantitative estimate of drug-likeness (QED) is 0.705. The first-order valence-corrected chi connectivity index (χ1v) is 10.8. The molecular weight excluding hydrogens is 406 g/mol. The van der Waals surface area contributed by atoms with Crippen molar-refractivity contribution in [2.45, 2.75) is 24.7 Å². The van der Waals surface area contributed by atoms with E-state index >= 15 is 0 Å². The Morgan fingerprint density at radius 1 is 1.36 bits per heavy atom. The Hall–Kier alpha value is -1.39. The zero-order valence-electron chi connectivity index (χ0n) is 16.0. The monoisotopic (exact) mass is 433 g/mol. The maximum Gasteiger partial charge on any atom is 0.243 e. The van der Waals surface area contributed by atoms with Crippen LogP contribution in [-0.4, -0.2) is 64.6 Å². The molecule has 0 spiro atoms. The first kappa shape index (κ1) is 22.9. The molecule has 0 bridgehead atoms. The highest BCUT2D eigenvalue weighted by molar-refractivity contribution is 7.89. The number of ether oxygens (including phenoxy) is 2. The van der Waals surface area contributed by atoms with Crippen LogP contribution in [0.5, 0.6) is 5.75 Å². The van der Waals surface area contributed by atoms with Gasteiger partial charge in [0.1, 0.15) is 5.75 Å². The van der Waals surface area contributed by atoms with E-state index in [4.69, 9.17) is 9.47 Å². The highest BCUT2D eigenvalue weighted by Crippen LogP contribution is 2.30. The van der Waals surface area contributed by atoms with Gasteiger partial charge in [-0.15, -0.1) is 12.4 Å². The third-order valence-corrected chi connectivity index (χ3v) is 6.68. The largest absolute Gasteiger partial charge is 0.492 e. The number of hydrogen-bond donors (Lipinski definition) is 2. The average molecular weight is 434 g/mol. The van der Waals surface area contributed by atoms with Gasteiger partial charge in [-0.05, 0) is 44.5 Å². The van der Waals surface area contributed by atoms with Crippen molar-refractivity contribution >= 4 is 34.0 Å². The third kappa shape index (κ3) is 5.36. The van der Waals surface area contributed by atoms with Gasteiger partial charge in [0.2, 0.25) is 15.9 Å². The summed E-state index contributed by atoms with van der Waals surface area (Å²) in [5, 5.41) is 6.08. The van der Waals surface area contributed by atoms with Crippen molar-refractivity contribution in [3.05, 3.63) is 18.2 Å². The fourth-order valence-corrected chi connectivity index (χ4v) is 4.73. The number of carbonyl (C=O) groups is 1. The second-order valence-electron chi connectivity index (χ2n) is 6.64. The van der Waals surface area contributed by atoms with Gasteiger partial charge in [0.15, 0.2) is 0 Å². The number of amides is 1. The van der Waals surface area contributed by atoms with E-state index < -0.39 is 10.0 Å². The van der Waals surface area contributed by atoms with Crippen molar-refractivity contribution in [3.8, 4) is 5.75 Å². The fourth-order valence-electron chi connectivity index (χ4n) is 3.30. The molecule has 0 radical (unpaired) electrons. The Morgan fingerprint density at radius 2 is 2.11 bits per heavy atom. The Balaban J connectivity index is 0.00000280. The molecule has 1 amide bonds. The summed E-state index contributed by atoms with van der Waals surface area (Å²) in [6.45, 7) is 5.22. The van der Waals surface area contributed by atoms with Gasteiger partial charge in [0.05, 0.1) is 36.3 Å². The highest BCUT2D eigenvalue weighted by Gasteiger charge is 2.28. The number of rotatable bonds is 6. The van der Waals surface area contributed by atoms with Crippen molar-refractivity contribution in [2.75, 3.05) is 51.3 Å². The minimum atomic E-state index is -3.64. The van der Waals surface area contributed by atoms with E-state index in [0.717, 1.165) is 19.4 Å². The van der Waals surface area contributed by atoms with Gasteiger partial charge in [0, 0.05) is 19.6 Å². The van der Waals surface area contributed by atoms with Crippen LogP contribution in [0.4, 0.5) is 5.69 Å². The molecule has 158 valence electrons. The first-order chi connectivity index (χ1) is 13.0. The van der Waals surface area contributed by atoms with Crippen molar-refractivity contribution < 1.29 is 22.7 Å². The molecule has 2 fully saturated rings. The molecule has 10 heteroatoms. The number of anilines is 1. The van der Waals surface area contributed by atoms with Crippen LogP contribution in [0, 0.1) is 5.92 Å². The number of morpholine rings is 1. The number of hydrogen-bond acceptors (Lipinski definition) is 6. The van der Waals surface area contributed by atoms with Crippen LogP contribution in [0.2, 0.25) is 0 Å². The van der Waals surface area contributed by atoms with E-state index in [9.17, 15) is 13.2 Å². The summed E-state index contributed by atoms with van der Waals surface area (Å²) in [7, 11) is -3.64. The number of sulfonamides is 1. The molecule has 2 saturated heterocycles. The second-order valence-corrected chi connectivity index (χ2v) is 8.58. The molecule has 0 aromatic heterocycles. The van der Waals surface area contributed by atoms with Gasteiger partial charge < -0.3 is 20.1 Å². The van der Waals surface area contributed by atoms with E-state index in [1.54, 1.807) is 6.07 Å². The molecule has 8 nitrogen and oxygen atoms in total. The summed E-state index contributed by atoms with van der Waals surface area (Å²) in [6.07, 6.45) is 1.76. The minimum Gasteiger partial charge on any atom is -0.492 e. The lowest BCUT2D eigenvalue weighted by molar-refractivity contribution is -0.120. The van der Waals surface area contributed by atoms with Gasteiger partial charge in [-0.2, -0.15) is 4.31 Å². The molecule has 1 unspecified atom stereocenters. The van der Waals surface area contributed by atoms with E-state index in [1.807, 2.05) is 6.92 Å². The second kappa shape index (κ2) is 10.4. The summed E-state index contributed by atoms with van der Waals surface area (Å²) >= 11 is 0. The van der Waals surface area contributed by atoms with E-state index in [2.05, 4.69) is 10.6 Å². The molecule has 2 N–H and O–H groups in total. The third-order valence-electron chi connectivity index (χ3n) is 4.78. The van der Waals surface area contributed by atoms with Crippen LogP contribution in [0.3, 0.4) is 0 Å². The zero-order chi connectivity index (χ0) is 19.3. The molecule has 0 saturated carbocycles. The van der Waals surface area contributed by atoms with Gasteiger partial charge in [-0.1, -0.05) is 0 Å². The Kier molecular flexibility index (Phi) is 8.51. The van der Waals surface area contributed by atoms with Crippen LogP contribution in [0.25, 0.3) is 0 Å². The van der Waals surface area contributed by atoms with Crippen molar-refractivity contribution in [1.82, 2.24) is 9.62 Å². The topological polar surface area (TPSA) is 97.0 Å². The minimum absolute atomic E-state index is 0. The zero-order valence-corrected chi connectivity index (χ0v) is 17.6. The SMILES string of the molecule is CCOc1ccc(S(=O)(=O)N2CCOCC2)cc1NC(=O)C1CCCNC1.Cl. The predicted octanol–water partition coefficient (Wildman–Crippen LogP) is 1.47. The maximum atomic E-state index is 12.9. The van der Waals surface area contributed by atoms with Crippen LogP contribution in [0.15, 0.2) is 23.1 Å². The number of nitrogens with one attached hydrogen (secondary N) is 2. The van der Waals surface area contributed by atoms with E-state index in [-0.39, 0.29) is 29.1 Å². The molecule has 2 aliphatic heterocycles. The van der Waals surface area contributed by atoms with Crippen LogP contribution in [-0.2, 0) is 19.6 Å². The van der Waals surface area contributed by atoms with Crippen molar-refractivity contribution in [3.63, 3.8) is 0 Å². The number of carbonyl (C=O) groups excluding carboxylic acids is 1. The summed E-state index contributed by atoms with van der Waals surface area (Å²) in [6, 6.07) is 4.61. The molecule has 3 rings (SSSR count). The summed E-state index contributed by atoms with van der Waals surface area (Å²) in [5.41, 5.74) is 0.391. The maximum absolute atomic E-state index is 12.9. The molecule has 1 atom stereocenters. The summed E-state index contributed by atoms with van der Waals surface area (Å²) < 4.78 is 38.0. The van der Waals surface area contributed by atoms with Crippen molar-refractivity contribution in [1.29, 1.82) is 0 Å². The fraction of sp³-hybridized carbons (Fsp3) is 0.611. The Morgan fingerprint density at radius 3 is 2.75 bits per heavy atom. The lowest BCUT2D eigenvalue weighted by Gasteiger charge is -2.26. The van der Waals surface area contributed by atoms with Gasteiger partial charge in [0.25, 0.3) is 0 Å². The Bertz CT molecular complexity index is 762. The smallest absolute Gasteiger partial charge is 0.243 e. The van der Waals surface area contributed by atoms with Crippen LogP contribution < -0.4 is 15.4 Å². The average Bonchev–Trinajstić information content (AvgIpc) is 2.70. The van der Waals surface area contributed by atoms with Gasteiger partial charge in [-0.3, -0.25) is 4.79 Å². The van der Waals surface area contributed by atoms with Gasteiger partial charge in [-0.25, -0.2) is 8.42 Å². The number of nitrogens with zero attached hydrogens (tertiary/aromatic N) is 1. The standard InChI is InChI=1S/C18H27N3O5S.ClH/c1-2-26-17-6-5-15(27(23,24)21-8-10-25-11-9-21)12-16(17)20-18(22)14-4-3-7-19-13-14;/h5-6,12,14,19H,2-4,7-11,13H2,1H3,(H,20,22);1H. The number of benzene rings is 1. The first-order valence-electron chi connectivity index (χ1n) is 9.38. The predicted molar refractivity (Wildman–Crippen MR) is 109 cm³/mol. The number of halogens is 1. The van der Waals surface area contributed by atoms with Crippen LogP contribution >= 0.6 is 12.4 Å². The molecule has 0 aliphatic carbocycles. The lowest BCUT2D eigenvalue weighted by atomic mass is 9.99. The van der Waals surface area contributed by atoms with E-state index in [1.165, 1.54) is 16.4 Å². The summed E-state index contributed by atoms with van der Waals surface area (Å²) in [5.74, 6) is 0.215.